The summed E-state index contributed by atoms with van der Waals surface area (Å²) in [6.07, 6.45) is 4.07. The zero-order chi connectivity index (χ0) is 13.9. The number of nitrogens with zero attached hydrogens (tertiary/aromatic N) is 1. The highest BCUT2D eigenvalue weighted by Gasteiger charge is 2.15. The van der Waals surface area contributed by atoms with Crippen LogP contribution in [0.1, 0.15) is 10.4 Å². The van der Waals surface area contributed by atoms with Gasteiger partial charge in [0, 0.05) is 18.6 Å². The minimum absolute atomic E-state index is 0.0900. The van der Waals surface area contributed by atoms with Crippen LogP contribution in [-0.4, -0.2) is 25.6 Å². The second kappa shape index (κ2) is 5.19. The van der Waals surface area contributed by atoms with Gasteiger partial charge >= 0.3 is 0 Å². The first-order chi connectivity index (χ1) is 8.98. The molecule has 0 aliphatic carbocycles. The molecule has 0 fully saturated rings. The summed E-state index contributed by atoms with van der Waals surface area (Å²) >= 11 is 0. The lowest BCUT2D eigenvalue weighted by Gasteiger charge is -2.09. The number of hydrogen-bond acceptors (Lipinski definition) is 4. The average Bonchev–Trinajstić information content (AvgIpc) is 2.39. The Morgan fingerprint density at radius 2 is 1.89 bits per heavy atom. The van der Waals surface area contributed by atoms with E-state index < -0.39 is 15.7 Å². The molecule has 0 atom stereocenters. The van der Waals surface area contributed by atoms with E-state index in [1.54, 1.807) is 36.5 Å². The Morgan fingerprint density at radius 1 is 1.16 bits per heavy atom. The number of carbonyl (C=O) groups excluding carboxylic acids is 1. The topological polar surface area (TPSA) is 76.1 Å². The lowest BCUT2D eigenvalue weighted by molar-refractivity contribution is 0.102. The summed E-state index contributed by atoms with van der Waals surface area (Å²) in [4.78, 5) is 15.9. The van der Waals surface area contributed by atoms with Gasteiger partial charge in [0.05, 0.1) is 16.1 Å². The predicted molar refractivity (Wildman–Crippen MR) is 71.7 cm³/mol. The quantitative estimate of drug-likeness (QED) is 0.926. The van der Waals surface area contributed by atoms with Crippen LogP contribution in [0.3, 0.4) is 0 Å². The van der Waals surface area contributed by atoms with Crippen molar-refractivity contribution in [1.29, 1.82) is 0 Å². The molecule has 0 saturated carbocycles. The number of para-hydroxylation sites is 1. The smallest absolute Gasteiger partial charge is 0.257 e. The van der Waals surface area contributed by atoms with Gasteiger partial charge in [-0.05, 0) is 24.3 Å². The van der Waals surface area contributed by atoms with Gasteiger partial charge < -0.3 is 5.32 Å². The Hall–Kier alpha value is -2.21. The van der Waals surface area contributed by atoms with E-state index in [-0.39, 0.29) is 10.6 Å². The Kier molecular flexibility index (Phi) is 3.62. The number of carbonyl (C=O) groups is 1. The molecule has 0 aliphatic heterocycles. The first-order valence-electron chi connectivity index (χ1n) is 5.49. The molecule has 0 unspecified atom stereocenters. The molecule has 98 valence electrons. The first-order valence-corrected chi connectivity index (χ1v) is 7.38. The van der Waals surface area contributed by atoms with Crippen molar-refractivity contribution in [3.8, 4) is 0 Å². The van der Waals surface area contributed by atoms with Crippen LogP contribution in [0.15, 0.2) is 53.7 Å². The van der Waals surface area contributed by atoms with Crippen molar-refractivity contribution in [2.45, 2.75) is 4.90 Å². The summed E-state index contributed by atoms with van der Waals surface area (Å²) in [5.41, 5.74) is 0.629. The second-order valence-electron chi connectivity index (χ2n) is 3.96. The summed E-state index contributed by atoms with van der Waals surface area (Å²) in [7, 11) is -3.39. The van der Waals surface area contributed by atoms with E-state index >= 15 is 0 Å². The van der Waals surface area contributed by atoms with Gasteiger partial charge in [-0.2, -0.15) is 0 Å². The molecule has 2 rings (SSSR count). The normalized spacial score (nSPS) is 11.0. The van der Waals surface area contributed by atoms with Gasteiger partial charge in [-0.25, -0.2) is 8.42 Å². The Balaban J connectivity index is 2.33. The maximum absolute atomic E-state index is 11.9. The standard InChI is InChI=1S/C13H12N2O3S/c1-19(17,18)12-7-3-2-6-11(12)15-13(16)10-5-4-8-14-9-10/h2-9H,1H3,(H,15,16). The van der Waals surface area contributed by atoms with Gasteiger partial charge in [-0.1, -0.05) is 12.1 Å². The van der Waals surface area contributed by atoms with Crippen molar-refractivity contribution < 1.29 is 13.2 Å². The summed E-state index contributed by atoms with van der Waals surface area (Å²) in [5.74, 6) is -0.399. The fourth-order valence-corrected chi connectivity index (χ4v) is 2.43. The molecular weight excluding hydrogens is 264 g/mol. The minimum Gasteiger partial charge on any atom is -0.321 e. The van der Waals surface area contributed by atoms with Crippen molar-refractivity contribution in [2.24, 2.45) is 0 Å². The number of pyridine rings is 1. The fraction of sp³-hybridized carbons (Fsp3) is 0.0769. The molecule has 1 N–H and O–H groups in total. The van der Waals surface area contributed by atoms with E-state index in [9.17, 15) is 13.2 Å². The largest absolute Gasteiger partial charge is 0.321 e. The molecule has 1 heterocycles. The lowest BCUT2D eigenvalue weighted by Crippen LogP contribution is -2.14. The van der Waals surface area contributed by atoms with Gasteiger partial charge in [0.2, 0.25) is 0 Å². The molecule has 1 aromatic heterocycles. The van der Waals surface area contributed by atoms with Crippen LogP contribution in [0.25, 0.3) is 0 Å². The molecule has 0 aliphatic rings. The third kappa shape index (κ3) is 3.17. The SMILES string of the molecule is CS(=O)(=O)c1ccccc1NC(=O)c1cccnc1. The molecule has 19 heavy (non-hydrogen) atoms. The van der Waals surface area contributed by atoms with Crippen molar-refractivity contribution in [3.63, 3.8) is 0 Å². The molecular formula is C13H12N2O3S. The van der Waals surface area contributed by atoms with Crippen LogP contribution in [0.5, 0.6) is 0 Å². The van der Waals surface area contributed by atoms with Crippen molar-refractivity contribution in [1.82, 2.24) is 4.98 Å². The third-order valence-corrected chi connectivity index (χ3v) is 3.61. The third-order valence-electron chi connectivity index (χ3n) is 2.46. The van der Waals surface area contributed by atoms with Crippen molar-refractivity contribution >= 4 is 21.4 Å². The summed E-state index contributed by atoms with van der Waals surface area (Å²) < 4.78 is 23.2. The molecule has 0 bridgehead atoms. The molecule has 0 radical (unpaired) electrons. The van der Waals surface area contributed by atoms with Gasteiger partial charge in [0.25, 0.3) is 5.91 Å². The zero-order valence-electron chi connectivity index (χ0n) is 10.2. The van der Waals surface area contributed by atoms with E-state index in [0.717, 1.165) is 6.26 Å². The highest BCUT2D eigenvalue weighted by Crippen LogP contribution is 2.21. The highest BCUT2D eigenvalue weighted by molar-refractivity contribution is 7.90. The van der Waals surface area contributed by atoms with Gasteiger partial charge in [-0.15, -0.1) is 0 Å². The summed E-state index contributed by atoms with van der Waals surface area (Å²) in [6.45, 7) is 0. The van der Waals surface area contributed by atoms with Gasteiger partial charge in [0.15, 0.2) is 9.84 Å². The van der Waals surface area contributed by atoms with Crippen LogP contribution in [0.4, 0.5) is 5.69 Å². The first kappa shape index (κ1) is 13.2. The second-order valence-corrected chi connectivity index (χ2v) is 5.95. The van der Waals surface area contributed by atoms with Crippen molar-refractivity contribution in [3.05, 3.63) is 54.4 Å². The Labute approximate surface area is 111 Å². The molecule has 2 aromatic rings. The minimum atomic E-state index is -3.39. The van der Waals surface area contributed by atoms with Gasteiger partial charge in [-0.3, -0.25) is 9.78 Å². The Morgan fingerprint density at radius 3 is 2.53 bits per heavy atom. The van der Waals surface area contributed by atoms with Gasteiger partial charge in [0.1, 0.15) is 0 Å². The highest BCUT2D eigenvalue weighted by atomic mass is 32.2. The zero-order valence-corrected chi connectivity index (χ0v) is 11.0. The number of amides is 1. The Bertz CT molecular complexity index is 697. The lowest BCUT2D eigenvalue weighted by atomic mass is 10.2. The number of rotatable bonds is 3. The number of nitrogens with one attached hydrogen (secondary N) is 1. The van der Waals surface area contributed by atoms with Crippen LogP contribution in [0.2, 0.25) is 0 Å². The maximum Gasteiger partial charge on any atom is 0.257 e. The van der Waals surface area contributed by atoms with E-state index in [0.29, 0.717) is 5.56 Å². The monoisotopic (exact) mass is 276 g/mol. The molecule has 6 heteroatoms. The molecule has 0 spiro atoms. The van der Waals surface area contributed by atoms with Crippen LogP contribution >= 0.6 is 0 Å². The number of anilines is 1. The average molecular weight is 276 g/mol. The molecule has 1 aromatic carbocycles. The summed E-state index contributed by atoms with van der Waals surface area (Å²) in [5, 5.41) is 2.58. The van der Waals surface area contributed by atoms with E-state index in [1.807, 2.05) is 0 Å². The number of hydrogen-bond donors (Lipinski definition) is 1. The molecule has 0 saturated heterocycles. The van der Waals surface area contributed by atoms with Crippen LogP contribution < -0.4 is 5.32 Å². The molecule has 5 nitrogen and oxygen atoms in total. The maximum atomic E-state index is 11.9. The number of sulfone groups is 1. The van der Waals surface area contributed by atoms with E-state index in [2.05, 4.69) is 10.3 Å². The fourth-order valence-electron chi connectivity index (χ4n) is 1.58. The predicted octanol–water partition coefficient (Wildman–Crippen LogP) is 1.74. The van der Waals surface area contributed by atoms with Crippen molar-refractivity contribution in [2.75, 3.05) is 11.6 Å². The van der Waals surface area contributed by atoms with E-state index in [4.69, 9.17) is 0 Å². The van der Waals surface area contributed by atoms with E-state index in [1.165, 1.54) is 12.3 Å². The molecule has 1 amide bonds. The number of benzene rings is 1. The van der Waals surface area contributed by atoms with Crippen LogP contribution in [0, 0.1) is 0 Å². The number of aromatic nitrogens is 1. The van der Waals surface area contributed by atoms with Crippen LogP contribution in [-0.2, 0) is 9.84 Å². The summed E-state index contributed by atoms with van der Waals surface area (Å²) in [6, 6.07) is 9.51.